The third-order valence-corrected chi connectivity index (χ3v) is 5.08. The van der Waals surface area contributed by atoms with E-state index < -0.39 is 0 Å². The molecule has 1 amide bonds. The Morgan fingerprint density at radius 2 is 2.05 bits per heavy atom. The Bertz CT molecular complexity index is 594. The van der Waals surface area contributed by atoms with Crippen LogP contribution in [0.5, 0.6) is 0 Å². The van der Waals surface area contributed by atoms with Crippen molar-refractivity contribution in [2.24, 2.45) is 5.92 Å². The molecule has 0 aliphatic carbocycles. The fraction of sp³-hybridized carbons (Fsp3) is 0.438. The van der Waals surface area contributed by atoms with E-state index in [-0.39, 0.29) is 17.9 Å². The Morgan fingerprint density at radius 3 is 2.68 bits per heavy atom. The van der Waals surface area contributed by atoms with Gasteiger partial charge in [-0.2, -0.15) is 0 Å². The third-order valence-electron chi connectivity index (χ3n) is 4.03. The second-order valence-corrected chi connectivity index (χ2v) is 6.54. The van der Waals surface area contributed by atoms with Crippen molar-refractivity contribution in [2.45, 2.75) is 25.8 Å². The van der Waals surface area contributed by atoms with Gasteiger partial charge < -0.3 is 10.2 Å². The first kappa shape index (κ1) is 15.0. The van der Waals surface area contributed by atoms with Crippen LogP contribution in [0.4, 0.5) is 5.95 Å². The summed E-state index contributed by atoms with van der Waals surface area (Å²) in [5, 5.41) is 5.17. The predicted molar refractivity (Wildman–Crippen MR) is 87.8 cm³/mol. The number of aromatic nitrogens is 2. The van der Waals surface area contributed by atoms with E-state index in [2.05, 4.69) is 26.3 Å². The fourth-order valence-electron chi connectivity index (χ4n) is 2.74. The minimum Gasteiger partial charge on any atom is -0.349 e. The third kappa shape index (κ3) is 3.44. The van der Waals surface area contributed by atoms with Crippen molar-refractivity contribution in [1.82, 2.24) is 15.3 Å². The van der Waals surface area contributed by atoms with E-state index in [4.69, 9.17) is 0 Å². The summed E-state index contributed by atoms with van der Waals surface area (Å²) in [6.07, 6.45) is 5.20. The number of carbonyl (C=O) groups is 1. The van der Waals surface area contributed by atoms with Crippen molar-refractivity contribution in [2.75, 3.05) is 18.0 Å². The number of amides is 1. The molecule has 1 N–H and O–H groups in total. The quantitative estimate of drug-likeness (QED) is 0.942. The number of nitrogens with zero attached hydrogens (tertiary/aromatic N) is 3. The summed E-state index contributed by atoms with van der Waals surface area (Å²) in [5.41, 5.74) is 0. The van der Waals surface area contributed by atoms with Crippen molar-refractivity contribution in [3.63, 3.8) is 0 Å². The highest BCUT2D eigenvalue weighted by molar-refractivity contribution is 7.10. The minimum absolute atomic E-state index is 0.0855. The van der Waals surface area contributed by atoms with Gasteiger partial charge in [0.1, 0.15) is 0 Å². The second-order valence-electron chi connectivity index (χ2n) is 5.56. The number of hydrogen-bond acceptors (Lipinski definition) is 5. The van der Waals surface area contributed by atoms with Crippen LogP contribution in [0.2, 0.25) is 0 Å². The predicted octanol–water partition coefficient (Wildman–Crippen LogP) is 2.63. The van der Waals surface area contributed by atoms with Crippen LogP contribution in [0.3, 0.4) is 0 Å². The van der Waals surface area contributed by atoms with Gasteiger partial charge in [-0.1, -0.05) is 6.07 Å². The molecule has 2 aromatic rings. The van der Waals surface area contributed by atoms with Gasteiger partial charge in [0, 0.05) is 36.3 Å². The standard InChI is InChI=1S/C16H20N4OS/c1-12(14-4-2-11-22-14)19-15(21)13-5-9-20(10-6-13)16-17-7-3-8-18-16/h2-4,7-8,11-13H,5-6,9-10H2,1H3,(H,19,21). The molecule has 0 bridgehead atoms. The molecule has 3 rings (SSSR count). The first-order valence-corrected chi connectivity index (χ1v) is 8.48. The summed E-state index contributed by atoms with van der Waals surface area (Å²) < 4.78 is 0. The molecule has 0 spiro atoms. The highest BCUT2D eigenvalue weighted by atomic mass is 32.1. The van der Waals surface area contributed by atoms with Crippen LogP contribution < -0.4 is 10.2 Å². The molecule has 2 aromatic heterocycles. The van der Waals surface area contributed by atoms with E-state index in [0.29, 0.717) is 0 Å². The number of anilines is 1. The van der Waals surface area contributed by atoms with Crippen LogP contribution in [-0.2, 0) is 4.79 Å². The summed E-state index contributed by atoms with van der Waals surface area (Å²) >= 11 is 1.68. The minimum atomic E-state index is 0.0855. The van der Waals surface area contributed by atoms with E-state index in [9.17, 15) is 4.79 Å². The number of piperidine rings is 1. The van der Waals surface area contributed by atoms with E-state index in [1.54, 1.807) is 23.7 Å². The van der Waals surface area contributed by atoms with Gasteiger partial charge in [0.2, 0.25) is 11.9 Å². The van der Waals surface area contributed by atoms with Gasteiger partial charge in [-0.3, -0.25) is 4.79 Å². The molecule has 3 heterocycles. The van der Waals surface area contributed by atoms with E-state index in [1.165, 1.54) is 4.88 Å². The van der Waals surface area contributed by atoms with Gasteiger partial charge in [-0.15, -0.1) is 11.3 Å². The Labute approximate surface area is 134 Å². The van der Waals surface area contributed by atoms with Crippen LogP contribution >= 0.6 is 11.3 Å². The van der Waals surface area contributed by atoms with Gasteiger partial charge >= 0.3 is 0 Å². The zero-order chi connectivity index (χ0) is 15.4. The number of thiophene rings is 1. The molecule has 1 atom stereocenters. The van der Waals surface area contributed by atoms with Crippen LogP contribution in [0.15, 0.2) is 36.0 Å². The average molecular weight is 316 g/mol. The molecule has 1 saturated heterocycles. The molecule has 1 unspecified atom stereocenters. The number of nitrogens with one attached hydrogen (secondary N) is 1. The lowest BCUT2D eigenvalue weighted by Gasteiger charge is -2.31. The highest BCUT2D eigenvalue weighted by Gasteiger charge is 2.27. The topological polar surface area (TPSA) is 58.1 Å². The van der Waals surface area contributed by atoms with Crippen molar-refractivity contribution in [3.05, 3.63) is 40.8 Å². The maximum atomic E-state index is 12.4. The molecule has 5 nitrogen and oxygen atoms in total. The smallest absolute Gasteiger partial charge is 0.225 e. The fourth-order valence-corrected chi connectivity index (χ4v) is 3.47. The first-order chi connectivity index (χ1) is 10.7. The average Bonchev–Trinajstić information content (AvgIpc) is 3.10. The van der Waals surface area contributed by atoms with Crippen LogP contribution in [0, 0.1) is 5.92 Å². The molecule has 1 fully saturated rings. The van der Waals surface area contributed by atoms with Crippen molar-refractivity contribution < 1.29 is 4.79 Å². The Hall–Kier alpha value is -1.95. The van der Waals surface area contributed by atoms with Gasteiger partial charge in [-0.05, 0) is 37.3 Å². The van der Waals surface area contributed by atoms with Crippen molar-refractivity contribution in [1.29, 1.82) is 0 Å². The molecule has 6 heteroatoms. The molecule has 0 aromatic carbocycles. The number of rotatable bonds is 4. The molecular formula is C16H20N4OS. The number of hydrogen-bond donors (Lipinski definition) is 1. The van der Waals surface area contributed by atoms with Gasteiger partial charge in [0.25, 0.3) is 0 Å². The van der Waals surface area contributed by atoms with E-state index in [1.807, 2.05) is 24.4 Å². The van der Waals surface area contributed by atoms with Gasteiger partial charge in [-0.25, -0.2) is 9.97 Å². The Kier molecular flexibility index (Phi) is 4.68. The van der Waals surface area contributed by atoms with Crippen molar-refractivity contribution >= 4 is 23.2 Å². The zero-order valence-corrected chi connectivity index (χ0v) is 13.4. The van der Waals surface area contributed by atoms with Crippen molar-refractivity contribution in [3.8, 4) is 0 Å². The van der Waals surface area contributed by atoms with Crippen LogP contribution in [0.25, 0.3) is 0 Å². The Balaban J connectivity index is 1.52. The number of carbonyl (C=O) groups excluding carboxylic acids is 1. The second kappa shape index (κ2) is 6.87. The molecule has 1 aliphatic heterocycles. The molecule has 0 radical (unpaired) electrons. The lowest BCUT2D eigenvalue weighted by atomic mass is 9.96. The summed E-state index contributed by atoms with van der Waals surface area (Å²) in [5.74, 6) is 1.00. The molecule has 1 aliphatic rings. The van der Waals surface area contributed by atoms with Gasteiger partial charge in [0.15, 0.2) is 0 Å². The first-order valence-electron chi connectivity index (χ1n) is 7.60. The van der Waals surface area contributed by atoms with Gasteiger partial charge in [0.05, 0.1) is 6.04 Å². The lowest BCUT2D eigenvalue weighted by molar-refractivity contribution is -0.126. The monoisotopic (exact) mass is 316 g/mol. The highest BCUT2D eigenvalue weighted by Crippen LogP contribution is 2.23. The molecule has 0 saturated carbocycles. The normalized spacial score (nSPS) is 17.2. The molecular weight excluding hydrogens is 296 g/mol. The zero-order valence-electron chi connectivity index (χ0n) is 12.6. The summed E-state index contributed by atoms with van der Waals surface area (Å²) in [4.78, 5) is 24.3. The van der Waals surface area contributed by atoms with Crippen LogP contribution in [0.1, 0.15) is 30.7 Å². The van der Waals surface area contributed by atoms with E-state index >= 15 is 0 Å². The largest absolute Gasteiger partial charge is 0.349 e. The maximum Gasteiger partial charge on any atom is 0.225 e. The SMILES string of the molecule is CC(NC(=O)C1CCN(c2ncccn2)CC1)c1cccs1. The lowest BCUT2D eigenvalue weighted by Crippen LogP contribution is -2.41. The maximum absolute atomic E-state index is 12.4. The summed E-state index contributed by atoms with van der Waals surface area (Å²) in [6, 6.07) is 5.98. The van der Waals surface area contributed by atoms with Crippen LogP contribution in [-0.4, -0.2) is 29.0 Å². The molecule has 22 heavy (non-hydrogen) atoms. The summed E-state index contributed by atoms with van der Waals surface area (Å²) in [6.45, 7) is 3.70. The Morgan fingerprint density at radius 1 is 1.32 bits per heavy atom. The molecule has 116 valence electrons. The van der Waals surface area contributed by atoms with E-state index in [0.717, 1.165) is 31.9 Å². The summed E-state index contributed by atoms with van der Waals surface area (Å²) in [7, 11) is 0.